The molecular formula is C19H16ClN3S. The summed E-state index contributed by atoms with van der Waals surface area (Å²) in [6, 6.07) is 9.86. The highest BCUT2D eigenvalue weighted by molar-refractivity contribution is 7.17. The Balaban J connectivity index is 1.96. The van der Waals surface area contributed by atoms with Gasteiger partial charge in [0.1, 0.15) is 11.1 Å². The second kappa shape index (κ2) is 6.64. The van der Waals surface area contributed by atoms with Crippen LogP contribution in [0.25, 0.3) is 5.57 Å². The number of rotatable bonds is 3. The molecule has 0 saturated carbocycles. The summed E-state index contributed by atoms with van der Waals surface area (Å²) in [7, 11) is 0. The van der Waals surface area contributed by atoms with E-state index < -0.39 is 0 Å². The highest BCUT2D eigenvalue weighted by atomic mass is 35.5. The highest BCUT2D eigenvalue weighted by Gasteiger charge is 2.25. The number of benzene rings is 1. The second-order valence-corrected chi connectivity index (χ2v) is 7.18. The predicted octanol–water partition coefficient (Wildman–Crippen LogP) is 5.00. The van der Waals surface area contributed by atoms with Gasteiger partial charge < -0.3 is 11.1 Å². The Labute approximate surface area is 150 Å². The molecule has 0 bridgehead atoms. The van der Waals surface area contributed by atoms with Gasteiger partial charge in [0.2, 0.25) is 0 Å². The summed E-state index contributed by atoms with van der Waals surface area (Å²) >= 11 is 7.59. The molecule has 1 aliphatic carbocycles. The van der Waals surface area contributed by atoms with Crippen molar-refractivity contribution in [2.24, 2.45) is 0 Å². The molecule has 0 amide bonds. The number of nitriles is 1. The van der Waals surface area contributed by atoms with Crippen LogP contribution in [0.15, 0.2) is 42.5 Å². The molecule has 1 heterocycles. The lowest BCUT2D eigenvalue weighted by molar-refractivity contribution is 1.02. The van der Waals surface area contributed by atoms with Gasteiger partial charge in [0.15, 0.2) is 0 Å². The molecular weight excluding hydrogens is 338 g/mol. The maximum Gasteiger partial charge on any atom is 0.105 e. The first-order chi connectivity index (χ1) is 11.5. The van der Waals surface area contributed by atoms with Gasteiger partial charge >= 0.3 is 0 Å². The van der Waals surface area contributed by atoms with E-state index in [2.05, 4.69) is 12.6 Å². The van der Waals surface area contributed by atoms with Crippen molar-refractivity contribution in [1.82, 2.24) is 0 Å². The summed E-state index contributed by atoms with van der Waals surface area (Å²) in [6.45, 7) is 4.12. The highest BCUT2D eigenvalue weighted by Crippen LogP contribution is 2.40. The summed E-state index contributed by atoms with van der Waals surface area (Å²) in [5.74, 6) is 0. The fourth-order valence-electron chi connectivity index (χ4n) is 2.88. The zero-order valence-corrected chi connectivity index (χ0v) is 14.6. The standard InChI is InChI=1S/C19H16ClN3S/c1-11(8-12-4-2-3-5-16(12)20)9-14-17(22)7-6-13-15(10-21)19(23)24-18(13)14/h2-5,9,22H,1,6-8,23H2/b14-9+,22-17?. The van der Waals surface area contributed by atoms with E-state index in [0.29, 0.717) is 40.6 Å². The Kier molecular flexibility index (Phi) is 4.57. The van der Waals surface area contributed by atoms with E-state index in [0.717, 1.165) is 27.2 Å². The molecule has 0 spiro atoms. The number of halogens is 1. The first-order valence-corrected chi connectivity index (χ1v) is 8.73. The molecule has 1 aromatic carbocycles. The van der Waals surface area contributed by atoms with Gasteiger partial charge in [-0.05, 0) is 42.5 Å². The van der Waals surface area contributed by atoms with Gasteiger partial charge in [-0.2, -0.15) is 5.26 Å². The topological polar surface area (TPSA) is 73.7 Å². The number of nitrogens with zero attached hydrogens (tertiary/aromatic N) is 1. The van der Waals surface area contributed by atoms with E-state index in [9.17, 15) is 5.26 Å². The van der Waals surface area contributed by atoms with Crippen LogP contribution in [0, 0.1) is 16.7 Å². The van der Waals surface area contributed by atoms with Gasteiger partial charge in [-0.25, -0.2) is 0 Å². The van der Waals surface area contributed by atoms with Crippen molar-refractivity contribution < 1.29 is 0 Å². The van der Waals surface area contributed by atoms with Crippen LogP contribution in [0.2, 0.25) is 5.02 Å². The van der Waals surface area contributed by atoms with Crippen LogP contribution in [-0.4, -0.2) is 5.71 Å². The number of anilines is 1. The number of thiophene rings is 1. The van der Waals surface area contributed by atoms with E-state index >= 15 is 0 Å². The van der Waals surface area contributed by atoms with Crippen LogP contribution in [0.4, 0.5) is 5.00 Å². The third kappa shape index (κ3) is 3.01. The number of fused-ring (bicyclic) bond motifs is 1. The molecule has 3 rings (SSSR count). The van der Waals surface area contributed by atoms with Crippen LogP contribution >= 0.6 is 22.9 Å². The Hall–Kier alpha value is -2.35. The summed E-state index contributed by atoms with van der Waals surface area (Å²) in [4.78, 5) is 0.931. The third-order valence-electron chi connectivity index (χ3n) is 4.06. The summed E-state index contributed by atoms with van der Waals surface area (Å²) < 4.78 is 0. The van der Waals surface area contributed by atoms with Crippen LogP contribution in [0.1, 0.15) is 28.0 Å². The fourth-order valence-corrected chi connectivity index (χ4v) is 4.19. The van der Waals surface area contributed by atoms with E-state index in [1.54, 1.807) is 0 Å². The van der Waals surface area contributed by atoms with Crippen LogP contribution in [-0.2, 0) is 12.8 Å². The van der Waals surface area contributed by atoms with Crippen molar-refractivity contribution in [3.05, 3.63) is 69.1 Å². The van der Waals surface area contributed by atoms with Crippen LogP contribution in [0.5, 0.6) is 0 Å². The molecule has 120 valence electrons. The van der Waals surface area contributed by atoms with Gasteiger partial charge in [0, 0.05) is 21.2 Å². The molecule has 2 aromatic rings. The average molecular weight is 354 g/mol. The third-order valence-corrected chi connectivity index (χ3v) is 5.53. The maximum absolute atomic E-state index is 9.29. The van der Waals surface area contributed by atoms with Gasteiger partial charge in [-0.3, -0.25) is 0 Å². The number of hydrogen-bond donors (Lipinski definition) is 2. The predicted molar refractivity (Wildman–Crippen MR) is 102 cm³/mol. The zero-order chi connectivity index (χ0) is 17.3. The molecule has 24 heavy (non-hydrogen) atoms. The Bertz CT molecular complexity index is 915. The molecule has 0 unspecified atom stereocenters. The van der Waals surface area contributed by atoms with Crippen LogP contribution in [0.3, 0.4) is 0 Å². The fraction of sp³-hybridized carbons (Fsp3) is 0.158. The Morgan fingerprint density at radius 3 is 2.88 bits per heavy atom. The number of nitrogens with one attached hydrogen (secondary N) is 1. The van der Waals surface area contributed by atoms with Crippen molar-refractivity contribution in [3.8, 4) is 6.07 Å². The molecule has 3 N–H and O–H groups in total. The SMILES string of the molecule is C=C(/C=C1\C(=N)CCc2c1sc(N)c2C#N)Cc1ccccc1Cl. The number of hydrogen-bond acceptors (Lipinski definition) is 4. The molecule has 3 nitrogen and oxygen atoms in total. The number of nitrogen functional groups attached to an aromatic ring is 1. The van der Waals surface area contributed by atoms with Gasteiger partial charge in [-0.15, -0.1) is 11.3 Å². The summed E-state index contributed by atoms with van der Waals surface area (Å²) in [6.07, 6.45) is 3.86. The van der Waals surface area contributed by atoms with Crippen molar-refractivity contribution in [2.45, 2.75) is 19.3 Å². The second-order valence-electron chi connectivity index (χ2n) is 5.72. The van der Waals surface area contributed by atoms with Crippen molar-refractivity contribution in [3.63, 3.8) is 0 Å². The lowest BCUT2D eigenvalue weighted by atomic mass is 9.88. The Morgan fingerprint density at radius 2 is 2.17 bits per heavy atom. The number of nitrogens with two attached hydrogens (primary N) is 1. The van der Waals surface area contributed by atoms with Gasteiger partial charge in [-0.1, -0.05) is 42.0 Å². The minimum atomic E-state index is 0.528. The molecule has 0 atom stereocenters. The molecule has 1 aliphatic rings. The molecule has 0 aliphatic heterocycles. The summed E-state index contributed by atoms with van der Waals surface area (Å²) in [5.41, 5.74) is 10.8. The minimum absolute atomic E-state index is 0.528. The van der Waals surface area contributed by atoms with Crippen molar-refractivity contribution in [2.75, 3.05) is 5.73 Å². The quantitative estimate of drug-likeness (QED) is 0.814. The lowest BCUT2D eigenvalue weighted by Crippen LogP contribution is -2.10. The lowest BCUT2D eigenvalue weighted by Gasteiger charge is -2.17. The van der Waals surface area contributed by atoms with Gasteiger partial charge in [0.05, 0.1) is 5.56 Å². The van der Waals surface area contributed by atoms with E-state index in [1.807, 2.05) is 30.3 Å². The van der Waals surface area contributed by atoms with E-state index in [4.69, 9.17) is 22.7 Å². The van der Waals surface area contributed by atoms with Gasteiger partial charge in [0.25, 0.3) is 0 Å². The van der Waals surface area contributed by atoms with E-state index in [1.165, 1.54) is 11.3 Å². The normalized spacial score (nSPS) is 15.2. The monoisotopic (exact) mass is 353 g/mol. The zero-order valence-electron chi connectivity index (χ0n) is 13.0. The average Bonchev–Trinajstić information content (AvgIpc) is 2.88. The number of allylic oxidation sites excluding steroid dienone is 3. The molecule has 0 fully saturated rings. The smallest absolute Gasteiger partial charge is 0.105 e. The van der Waals surface area contributed by atoms with Crippen LogP contribution < -0.4 is 5.73 Å². The minimum Gasteiger partial charge on any atom is -0.389 e. The van der Waals surface area contributed by atoms with E-state index in [-0.39, 0.29) is 0 Å². The maximum atomic E-state index is 9.29. The first kappa shape index (κ1) is 16.5. The van der Waals surface area contributed by atoms with Crippen molar-refractivity contribution in [1.29, 1.82) is 10.7 Å². The first-order valence-electron chi connectivity index (χ1n) is 7.53. The molecule has 5 heteroatoms. The molecule has 0 radical (unpaired) electrons. The Morgan fingerprint density at radius 1 is 1.42 bits per heavy atom. The van der Waals surface area contributed by atoms with Crippen molar-refractivity contribution >= 4 is 39.2 Å². The molecule has 1 aromatic heterocycles. The largest absolute Gasteiger partial charge is 0.389 e. The summed E-state index contributed by atoms with van der Waals surface area (Å²) in [5, 5.41) is 18.8. The molecule has 0 saturated heterocycles.